The van der Waals surface area contributed by atoms with Gasteiger partial charge < -0.3 is 10.3 Å². The van der Waals surface area contributed by atoms with Crippen molar-refractivity contribution in [2.45, 2.75) is 18.1 Å². The first-order valence-corrected chi connectivity index (χ1v) is 11.0. The van der Waals surface area contributed by atoms with E-state index in [4.69, 9.17) is 0 Å². The molecular weight excluding hydrogens is 426 g/mol. The molecule has 0 aliphatic heterocycles. The Labute approximate surface area is 186 Å². The number of aromatic nitrogens is 6. The van der Waals surface area contributed by atoms with Crippen LogP contribution < -0.4 is 10.9 Å². The van der Waals surface area contributed by atoms with Crippen LogP contribution in [0, 0.1) is 0 Å². The average molecular weight is 446 g/mol. The number of amides is 1. The summed E-state index contributed by atoms with van der Waals surface area (Å²) in [4.78, 5) is 41.3. The molecule has 0 saturated carbocycles. The van der Waals surface area contributed by atoms with Crippen molar-refractivity contribution in [3.8, 4) is 11.4 Å². The first kappa shape index (κ1) is 20.0. The van der Waals surface area contributed by atoms with Crippen LogP contribution in [0.3, 0.4) is 0 Å². The molecule has 32 heavy (non-hydrogen) atoms. The molecule has 0 saturated heterocycles. The summed E-state index contributed by atoms with van der Waals surface area (Å²) in [5.41, 5.74) is 2.77. The molecule has 0 unspecified atom stereocenters. The van der Waals surface area contributed by atoms with Crippen molar-refractivity contribution in [2.75, 3.05) is 5.75 Å². The lowest BCUT2D eigenvalue weighted by Gasteiger charge is -2.12. The maximum absolute atomic E-state index is 12.6. The molecule has 0 bridgehead atoms. The number of nitrogens with zero attached hydrogens (tertiary/aromatic N) is 4. The fraction of sp³-hybridized carbons (Fsp3) is 0.136. The molecule has 5 rings (SSSR count). The number of benzene rings is 2. The first-order valence-electron chi connectivity index (χ1n) is 9.99. The highest BCUT2D eigenvalue weighted by Gasteiger charge is 2.16. The molecule has 160 valence electrons. The van der Waals surface area contributed by atoms with E-state index in [1.54, 1.807) is 0 Å². The minimum atomic E-state index is -0.285. The van der Waals surface area contributed by atoms with Crippen LogP contribution in [0.5, 0.6) is 0 Å². The molecule has 0 aliphatic carbocycles. The van der Waals surface area contributed by atoms with Crippen molar-refractivity contribution in [3.05, 3.63) is 76.8 Å². The fourth-order valence-electron chi connectivity index (χ4n) is 3.36. The Kier molecular flexibility index (Phi) is 5.20. The van der Waals surface area contributed by atoms with E-state index in [0.29, 0.717) is 22.5 Å². The number of fused-ring (bicyclic) bond motifs is 2. The number of aromatic amines is 2. The normalized spacial score (nSPS) is 12.3. The molecule has 2 aromatic carbocycles. The molecule has 3 heterocycles. The van der Waals surface area contributed by atoms with Crippen LogP contribution in [-0.2, 0) is 4.79 Å². The topological polar surface area (TPSA) is 121 Å². The average Bonchev–Trinajstić information content (AvgIpc) is 3.40. The Morgan fingerprint density at radius 3 is 2.69 bits per heavy atom. The molecule has 3 aromatic heterocycles. The van der Waals surface area contributed by atoms with Gasteiger partial charge in [0.2, 0.25) is 5.91 Å². The molecule has 1 amide bonds. The monoisotopic (exact) mass is 445 g/mol. The molecule has 1 atom stereocenters. The van der Waals surface area contributed by atoms with Gasteiger partial charge in [0.25, 0.3) is 5.56 Å². The maximum Gasteiger partial charge on any atom is 0.266 e. The third-order valence-electron chi connectivity index (χ3n) is 4.88. The highest BCUT2D eigenvalue weighted by Crippen LogP contribution is 2.22. The number of nitrogens with one attached hydrogen (secondary N) is 3. The van der Waals surface area contributed by atoms with Crippen LogP contribution >= 0.6 is 11.8 Å². The van der Waals surface area contributed by atoms with Gasteiger partial charge in [-0.15, -0.1) is 0 Å². The Balaban J connectivity index is 1.34. The van der Waals surface area contributed by atoms with E-state index < -0.39 is 0 Å². The second-order valence-electron chi connectivity index (χ2n) is 7.23. The summed E-state index contributed by atoms with van der Waals surface area (Å²) < 4.78 is 1.50. The van der Waals surface area contributed by atoms with Crippen molar-refractivity contribution in [1.82, 2.24) is 34.9 Å². The van der Waals surface area contributed by atoms with Crippen molar-refractivity contribution < 1.29 is 4.79 Å². The predicted molar refractivity (Wildman–Crippen MR) is 122 cm³/mol. The maximum atomic E-state index is 12.6. The van der Waals surface area contributed by atoms with Crippen molar-refractivity contribution >= 4 is 34.3 Å². The second kappa shape index (κ2) is 8.31. The van der Waals surface area contributed by atoms with Gasteiger partial charge in [0.15, 0.2) is 16.6 Å². The Bertz CT molecular complexity index is 1440. The summed E-state index contributed by atoms with van der Waals surface area (Å²) in [6, 6.07) is 18.3. The van der Waals surface area contributed by atoms with Crippen LogP contribution in [0.15, 0.2) is 70.6 Å². The lowest BCUT2D eigenvalue weighted by atomic mass is 10.2. The minimum absolute atomic E-state index is 0.116. The lowest BCUT2D eigenvalue weighted by Crippen LogP contribution is -2.29. The number of hydrogen-bond acceptors (Lipinski definition) is 6. The van der Waals surface area contributed by atoms with E-state index >= 15 is 0 Å². The SMILES string of the molecule is C[C@H](NC(=O)CSc1nc(-c2ccccc2)nc2cc(=O)[nH]n12)c1nc2ccccc2[nH]1. The predicted octanol–water partition coefficient (Wildman–Crippen LogP) is 2.93. The zero-order valence-corrected chi connectivity index (χ0v) is 17.9. The van der Waals surface area contributed by atoms with Gasteiger partial charge in [-0.1, -0.05) is 54.2 Å². The van der Waals surface area contributed by atoms with Crippen molar-refractivity contribution in [2.24, 2.45) is 0 Å². The Hall–Kier alpha value is -3.92. The summed E-state index contributed by atoms with van der Waals surface area (Å²) in [5, 5.41) is 6.10. The molecule has 5 aromatic rings. The Morgan fingerprint density at radius 2 is 1.88 bits per heavy atom. The summed E-state index contributed by atoms with van der Waals surface area (Å²) in [7, 11) is 0. The van der Waals surface area contributed by atoms with Gasteiger partial charge in [-0.2, -0.15) is 0 Å². The molecule has 9 nitrogen and oxygen atoms in total. The molecule has 10 heteroatoms. The third kappa shape index (κ3) is 4.00. The number of thioether (sulfide) groups is 1. The van der Waals surface area contributed by atoms with Crippen LogP contribution in [0.25, 0.3) is 28.1 Å². The highest BCUT2D eigenvalue weighted by atomic mass is 32.2. The van der Waals surface area contributed by atoms with Gasteiger partial charge in [0.05, 0.1) is 22.8 Å². The fourth-order valence-corrected chi connectivity index (χ4v) is 4.12. The first-order chi connectivity index (χ1) is 15.6. The van der Waals surface area contributed by atoms with Gasteiger partial charge in [0.1, 0.15) is 5.82 Å². The summed E-state index contributed by atoms with van der Waals surface area (Å²) in [6.07, 6.45) is 0. The summed E-state index contributed by atoms with van der Waals surface area (Å²) in [5.74, 6) is 1.12. The largest absolute Gasteiger partial charge is 0.346 e. The molecule has 0 aliphatic rings. The number of H-pyrrole nitrogens is 2. The van der Waals surface area contributed by atoms with Crippen LogP contribution in [-0.4, -0.2) is 41.2 Å². The van der Waals surface area contributed by atoms with E-state index in [1.165, 1.54) is 22.3 Å². The minimum Gasteiger partial charge on any atom is -0.346 e. The number of rotatable bonds is 6. The van der Waals surface area contributed by atoms with E-state index in [-0.39, 0.29) is 23.3 Å². The third-order valence-corrected chi connectivity index (χ3v) is 5.82. The molecular formula is C22H19N7O2S. The number of imidazole rings is 1. The van der Waals surface area contributed by atoms with Crippen LogP contribution in [0.2, 0.25) is 0 Å². The van der Waals surface area contributed by atoms with E-state index in [9.17, 15) is 9.59 Å². The number of carbonyl (C=O) groups is 1. The van der Waals surface area contributed by atoms with Crippen molar-refractivity contribution in [1.29, 1.82) is 0 Å². The molecule has 0 fully saturated rings. The van der Waals surface area contributed by atoms with Gasteiger partial charge >= 0.3 is 0 Å². The zero-order valence-electron chi connectivity index (χ0n) is 17.1. The standard InChI is InChI=1S/C22H19N7O2S/c1-13(20-24-15-9-5-6-10-16(15)25-20)23-19(31)12-32-22-27-21(14-7-3-2-4-8-14)26-17-11-18(30)28-29(17)22/h2-11,13H,12H2,1H3,(H,23,31)(H,24,25)(H,28,30)/t13-/m0/s1. The lowest BCUT2D eigenvalue weighted by molar-refractivity contribution is -0.119. The van der Waals surface area contributed by atoms with Gasteiger partial charge in [0, 0.05) is 11.6 Å². The van der Waals surface area contributed by atoms with Gasteiger partial charge in [-0.25, -0.2) is 19.5 Å². The quantitative estimate of drug-likeness (QED) is 0.346. The summed E-state index contributed by atoms with van der Waals surface area (Å²) in [6.45, 7) is 1.88. The zero-order chi connectivity index (χ0) is 22.1. The van der Waals surface area contributed by atoms with Crippen LogP contribution in [0.4, 0.5) is 0 Å². The Morgan fingerprint density at radius 1 is 1.09 bits per heavy atom. The molecule has 3 N–H and O–H groups in total. The number of carbonyl (C=O) groups excluding carboxylic acids is 1. The molecule has 0 spiro atoms. The van der Waals surface area contributed by atoms with E-state index in [2.05, 4.69) is 30.4 Å². The molecule has 0 radical (unpaired) electrons. The number of para-hydroxylation sites is 2. The van der Waals surface area contributed by atoms with Gasteiger partial charge in [-0.3, -0.25) is 14.7 Å². The smallest absolute Gasteiger partial charge is 0.266 e. The second-order valence-corrected chi connectivity index (χ2v) is 8.17. The highest BCUT2D eigenvalue weighted by molar-refractivity contribution is 7.99. The van der Waals surface area contributed by atoms with E-state index in [0.717, 1.165) is 16.6 Å². The van der Waals surface area contributed by atoms with Gasteiger partial charge in [-0.05, 0) is 19.1 Å². The van der Waals surface area contributed by atoms with Crippen molar-refractivity contribution in [3.63, 3.8) is 0 Å². The number of hydrogen-bond donors (Lipinski definition) is 3. The summed E-state index contributed by atoms with van der Waals surface area (Å²) >= 11 is 1.22. The van der Waals surface area contributed by atoms with Crippen LogP contribution in [0.1, 0.15) is 18.8 Å². The van der Waals surface area contributed by atoms with E-state index in [1.807, 2.05) is 61.5 Å².